The highest BCUT2D eigenvalue weighted by atomic mass is 16.6. The molecule has 1 aliphatic heterocycles. The van der Waals surface area contributed by atoms with Crippen LogP contribution < -0.4 is 0 Å². The van der Waals surface area contributed by atoms with Crippen LogP contribution in [0.4, 0.5) is 4.79 Å². The molecule has 0 aliphatic carbocycles. The Kier molecular flexibility index (Phi) is 5.49. The van der Waals surface area contributed by atoms with Gasteiger partial charge in [-0.15, -0.1) is 0 Å². The lowest BCUT2D eigenvalue weighted by Crippen LogP contribution is -2.54. The van der Waals surface area contributed by atoms with Gasteiger partial charge in [0, 0.05) is 32.2 Å². The predicted molar refractivity (Wildman–Crippen MR) is 91.1 cm³/mol. The van der Waals surface area contributed by atoms with Crippen molar-refractivity contribution >= 4 is 12.1 Å². The van der Waals surface area contributed by atoms with Crippen LogP contribution in [-0.2, 0) is 11.3 Å². The molecule has 1 saturated heterocycles. The monoisotopic (exact) mass is 334 g/mol. The maximum atomic E-state index is 12.2. The first-order chi connectivity index (χ1) is 11.2. The normalized spacial score (nSPS) is 19.2. The van der Waals surface area contributed by atoms with E-state index in [2.05, 4.69) is 11.8 Å². The summed E-state index contributed by atoms with van der Waals surface area (Å²) in [6.45, 7) is 10.3. The number of carbonyl (C=O) groups is 2. The van der Waals surface area contributed by atoms with Gasteiger partial charge in [0.05, 0.1) is 5.56 Å². The summed E-state index contributed by atoms with van der Waals surface area (Å²) in [5, 5.41) is 9.08. The molecule has 1 fully saturated rings. The van der Waals surface area contributed by atoms with Gasteiger partial charge in [-0.1, -0.05) is 12.1 Å². The average Bonchev–Trinajstić information content (AvgIpc) is 2.48. The minimum absolute atomic E-state index is 0.180. The number of hydrogen-bond donors (Lipinski definition) is 1. The maximum absolute atomic E-state index is 12.2. The van der Waals surface area contributed by atoms with Crippen molar-refractivity contribution in [2.75, 3.05) is 19.6 Å². The summed E-state index contributed by atoms with van der Waals surface area (Å²) in [7, 11) is 0. The van der Waals surface area contributed by atoms with Crippen LogP contribution in [0.5, 0.6) is 0 Å². The van der Waals surface area contributed by atoms with Crippen molar-refractivity contribution < 1.29 is 19.4 Å². The molecule has 0 radical (unpaired) electrons. The number of rotatable bonds is 3. The zero-order valence-corrected chi connectivity index (χ0v) is 14.8. The van der Waals surface area contributed by atoms with Gasteiger partial charge >= 0.3 is 12.1 Å². The molecule has 0 aromatic heterocycles. The van der Waals surface area contributed by atoms with Crippen molar-refractivity contribution in [3.05, 3.63) is 35.4 Å². The van der Waals surface area contributed by atoms with E-state index < -0.39 is 11.6 Å². The molecule has 1 amide bonds. The Balaban J connectivity index is 1.95. The van der Waals surface area contributed by atoms with E-state index in [9.17, 15) is 9.59 Å². The number of nitrogens with zero attached hydrogens (tertiary/aromatic N) is 2. The lowest BCUT2D eigenvalue weighted by atomic mass is 10.1. The second kappa shape index (κ2) is 7.21. The minimum Gasteiger partial charge on any atom is -0.478 e. The molecule has 1 aromatic carbocycles. The molecule has 0 bridgehead atoms. The SMILES string of the molecule is CC1CN(C(=O)OC(C)(C)C)CCN1Cc1cccc(C(=O)O)c1. The standard InChI is InChI=1S/C18H26N2O4/c1-13-11-20(17(23)24-18(2,3)4)9-8-19(13)12-14-6-5-7-15(10-14)16(21)22/h5-7,10,13H,8-9,11-12H2,1-4H3,(H,21,22). The van der Waals surface area contributed by atoms with E-state index in [1.807, 2.05) is 26.8 Å². The number of benzene rings is 1. The van der Waals surface area contributed by atoms with Crippen LogP contribution in [0.3, 0.4) is 0 Å². The van der Waals surface area contributed by atoms with Crippen LogP contribution in [0.2, 0.25) is 0 Å². The summed E-state index contributed by atoms with van der Waals surface area (Å²) in [6, 6.07) is 7.17. The Morgan fingerprint density at radius 2 is 2.00 bits per heavy atom. The van der Waals surface area contributed by atoms with Gasteiger partial charge < -0.3 is 14.7 Å². The van der Waals surface area contributed by atoms with E-state index in [4.69, 9.17) is 9.84 Å². The van der Waals surface area contributed by atoms with Gasteiger partial charge in [-0.25, -0.2) is 9.59 Å². The fraction of sp³-hybridized carbons (Fsp3) is 0.556. The molecule has 24 heavy (non-hydrogen) atoms. The summed E-state index contributed by atoms with van der Waals surface area (Å²) in [5.41, 5.74) is 0.773. The number of carboxylic acids is 1. The molecule has 1 heterocycles. The van der Waals surface area contributed by atoms with Gasteiger partial charge in [-0.3, -0.25) is 4.90 Å². The smallest absolute Gasteiger partial charge is 0.410 e. The summed E-state index contributed by atoms with van der Waals surface area (Å²) in [4.78, 5) is 27.2. The third-order valence-corrected chi connectivity index (χ3v) is 3.98. The molecular formula is C18H26N2O4. The number of hydrogen-bond acceptors (Lipinski definition) is 4. The number of carbonyl (C=O) groups excluding carboxylic acids is 1. The molecule has 6 nitrogen and oxygen atoms in total. The number of amides is 1. The first-order valence-electron chi connectivity index (χ1n) is 8.20. The number of carboxylic acid groups (broad SMARTS) is 1. The fourth-order valence-corrected chi connectivity index (χ4v) is 2.76. The third-order valence-electron chi connectivity index (χ3n) is 3.98. The van der Waals surface area contributed by atoms with Crippen molar-refractivity contribution in [3.8, 4) is 0 Å². The Hall–Kier alpha value is -2.08. The molecule has 2 rings (SSSR count). The van der Waals surface area contributed by atoms with Crippen molar-refractivity contribution in [2.24, 2.45) is 0 Å². The second-order valence-electron chi connectivity index (χ2n) is 7.25. The van der Waals surface area contributed by atoms with Gasteiger partial charge in [-0.2, -0.15) is 0 Å². The molecule has 1 aromatic rings. The lowest BCUT2D eigenvalue weighted by Gasteiger charge is -2.40. The van der Waals surface area contributed by atoms with Gasteiger partial charge in [0.25, 0.3) is 0 Å². The van der Waals surface area contributed by atoms with E-state index >= 15 is 0 Å². The highest BCUT2D eigenvalue weighted by molar-refractivity contribution is 5.87. The molecular weight excluding hydrogens is 308 g/mol. The number of piperazine rings is 1. The largest absolute Gasteiger partial charge is 0.478 e. The summed E-state index contributed by atoms with van der Waals surface area (Å²) in [5.74, 6) is -0.917. The van der Waals surface area contributed by atoms with E-state index in [1.165, 1.54) is 0 Å². The van der Waals surface area contributed by atoms with Crippen molar-refractivity contribution in [1.82, 2.24) is 9.80 Å². The van der Waals surface area contributed by atoms with E-state index in [0.717, 1.165) is 12.1 Å². The zero-order valence-electron chi connectivity index (χ0n) is 14.8. The third kappa shape index (κ3) is 4.96. The molecule has 0 saturated carbocycles. The van der Waals surface area contributed by atoms with Crippen molar-refractivity contribution in [2.45, 2.75) is 45.9 Å². The van der Waals surface area contributed by atoms with Crippen LogP contribution in [0, 0.1) is 0 Å². The molecule has 1 N–H and O–H groups in total. The Morgan fingerprint density at radius 1 is 1.29 bits per heavy atom. The summed E-state index contributed by atoms with van der Waals surface area (Å²) < 4.78 is 5.42. The van der Waals surface area contributed by atoms with E-state index in [0.29, 0.717) is 25.2 Å². The quantitative estimate of drug-likeness (QED) is 0.920. The molecule has 0 spiro atoms. The number of aromatic carboxylic acids is 1. The Labute approximate surface area is 143 Å². The Bertz CT molecular complexity index is 609. The zero-order chi connectivity index (χ0) is 17.9. The van der Waals surface area contributed by atoms with Crippen LogP contribution in [0.1, 0.15) is 43.6 Å². The summed E-state index contributed by atoms with van der Waals surface area (Å²) >= 11 is 0. The van der Waals surface area contributed by atoms with E-state index in [-0.39, 0.29) is 12.1 Å². The molecule has 1 unspecified atom stereocenters. The van der Waals surface area contributed by atoms with Gasteiger partial charge in [0.1, 0.15) is 5.60 Å². The van der Waals surface area contributed by atoms with Crippen LogP contribution in [-0.4, -0.2) is 58.2 Å². The highest BCUT2D eigenvalue weighted by Crippen LogP contribution is 2.17. The van der Waals surface area contributed by atoms with Crippen LogP contribution >= 0.6 is 0 Å². The highest BCUT2D eigenvalue weighted by Gasteiger charge is 2.29. The molecule has 1 aliphatic rings. The molecule has 132 valence electrons. The van der Waals surface area contributed by atoms with Crippen molar-refractivity contribution in [3.63, 3.8) is 0 Å². The van der Waals surface area contributed by atoms with Crippen LogP contribution in [0.25, 0.3) is 0 Å². The van der Waals surface area contributed by atoms with Crippen LogP contribution in [0.15, 0.2) is 24.3 Å². The number of ether oxygens (including phenoxy) is 1. The van der Waals surface area contributed by atoms with Gasteiger partial charge in [-0.05, 0) is 45.4 Å². The first kappa shape index (κ1) is 18.3. The lowest BCUT2D eigenvalue weighted by molar-refractivity contribution is 0.00458. The van der Waals surface area contributed by atoms with Crippen molar-refractivity contribution in [1.29, 1.82) is 0 Å². The van der Waals surface area contributed by atoms with Gasteiger partial charge in [0.15, 0.2) is 0 Å². The van der Waals surface area contributed by atoms with Gasteiger partial charge in [0.2, 0.25) is 0 Å². The Morgan fingerprint density at radius 3 is 2.58 bits per heavy atom. The predicted octanol–water partition coefficient (Wildman–Crippen LogP) is 2.83. The minimum atomic E-state index is -0.917. The average molecular weight is 334 g/mol. The maximum Gasteiger partial charge on any atom is 0.410 e. The topological polar surface area (TPSA) is 70.1 Å². The van der Waals surface area contributed by atoms with E-state index in [1.54, 1.807) is 23.1 Å². The first-order valence-corrected chi connectivity index (χ1v) is 8.20. The summed E-state index contributed by atoms with van der Waals surface area (Å²) in [6.07, 6.45) is -0.276. The fourth-order valence-electron chi connectivity index (χ4n) is 2.76. The second-order valence-corrected chi connectivity index (χ2v) is 7.25. The molecule has 6 heteroatoms. The molecule has 1 atom stereocenters.